The maximum atomic E-state index is 12.6. The molecule has 0 fully saturated rings. The van der Waals surface area contributed by atoms with E-state index in [0.29, 0.717) is 29.3 Å². The second kappa shape index (κ2) is 7.95. The number of amides is 1. The monoisotopic (exact) mass is 446 g/mol. The number of fused-ring (bicyclic) bond motifs is 2. The first-order valence-corrected chi connectivity index (χ1v) is 11.0. The van der Waals surface area contributed by atoms with E-state index >= 15 is 0 Å². The highest BCUT2D eigenvalue weighted by atomic mass is 35.5. The molecule has 2 aromatic heterocycles. The number of rotatable bonds is 3. The molecule has 6 nitrogen and oxygen atoms in total. The zero-order chi connectivity index (χ0) is 22.4. The van der Waals surface area contributed by atoms with E-state index in [1.54, 1.807) is 9.42 Å². The largest absolute Gasteiger partial charge is 0.465 e. The van der Waals surface area contributed by atoms with E-state index in [0.717, 1.165) is 27.9 Å². The third-order valence-electron chi connectivity index (χ3n) is 6.36. The molecule has 7 heteroatoms. The molecule has 0 bridgehead atoms. The summed E-state index contributed by atoms with van der Waals surface area (Å²) in [6, 6.07) is 19.2. The van der Waals surface area contributed by atoms with Gasteiger partial charge in [-0.2, -0.15) is 5.10 Å². The van der Waals surface area contributed by atoms with Crippen molar-refractivity contribution in [1.29, 1.82) is 0 Å². The number of hydrogen-bond donors (Lipinski definition) is 1. The maximum Gasteiger partial charge on any atom is 0.408 e. The van der Waals surface area contributed by atoms with E-state index in [4.69, 9.17) is 16.7 Å². The Hall–Kier alpha value is -3.38. The molecule has 1 unspecified atom stereocenters. The molecule has 5 rings (SSSR count). The average molecular weight is 447 g/mol. The smallest absolute Gasteiger partial charge is 0.408 e. The summed E-state index contributed by atoms with van der Waals surface area (Å²) < 4.78 is 1.60. The van der Waals surface area contributed by atoms with Crippen molar-refractivity contribution in [3.8, 4) is 0 Å². The van der Waals surface area contributed by atoms with Gasteiger partial charge in [-0.05, 0) is 43.4 Å². The highest BCUT2D eigenvalue weighted by Crippen LogP contribution is 2.42. The van der Waals surface area contributed by atoms with Crippen LogP contribution in [0.2, 0.25) is 5.15 Å². The number of hydrogen-bond acceptors (Lipinski definition) is 3. The SMILES string of the molecule is Cc1nc2cc(C3Cc4ccccc4[C@H](Cc4ccccc4)N3C(=O)O)nn2c(Cl)c1C. The van der Waals surface area contributed by atoms with Crippen molar-refractivity contribution in [3.63, 3.8) is 0 Å². The quantitative estimate of drug-likeness (QED) is 0.418. The molecule has 0 spiro atoms. The van der Waals surface area contributed by atoms with Crippen LogP contribution in [0.25, 0.3) is 5.65 Å². The Labute approximate surface area is 191 Å². The van der Waals surface area contributed by atoms with Crippen LogP contribution in [0.15, 0.2) is 60.7 Å². The normalized spacial score (nSPS) is 18.0. The van der Waals surface area contributed by atoms with Gasteiger partial charge in [0.2, 0.25) is 0 Å². The minimum atomic E-state index is -0.964. The van der Waals surface area contributed by atoms with Gasteiger partial charge in [0.1, 0.15) is 5.15 Å². The van der Waals surface area contributed by atoms with Crippen molar-refractivity contribution >= 4 is 23.3 Å². The minimum Gasteiger partial charge on any atom is -0.465 e. The zero-order valence-electron chi connectivity index (χ0n) is 17.9. The average Bonchev–Trinajstić information content (AvgIpc) is 3.21. The molecule has 1 aliphatic rings. The molecule has 2 aromatic carbocycles. The van der Waals surface area contributed by atoms with Crippen molar-refractivity contribution in [2.24, 2.45) is 0 Å². The highest BCUT2D eigenvalue weighted by Gasteiger charge is 2.39. The number of aromatic nitrogens is 3. The Morgan fingerprint density at radius 3 is 2.59 bits per heavy atom. The topological polar surface area (TPSA) is 70.7 Å². The van der Waals surface area contributed by atoms with Crippen molar-refractivity contribution in [3.05, 3.63) is 99.5 Å². The van der Waals surface area contributed by atoms with Crippen LogP contribution in [0.5, 0.6) is 0 Å². The van der Waals surface area contributed by atoms with Crippen molar-refractivity contribution in [2.45, 2.75) is 38.8 Å². The minimum absolute atomic E-state index is 0.318. The van der Waals surface area contributed by atoms with Crippen LogP contribution < -0.4 is 0 Å². The van der Waals surface area contributed by atoms with Gasteiger partial charge in [0.05, 0.1) is 17.8 Å². The first-order chi connectivity index (χ1) is 15.4. The van der Waals surface area contributed by atoms with Crippen molar-refractivity contribution in [2.75, 3.05) is 0 Å². The van der Waals surface area contributed by atoms with Gasteiger partial charge in [0, 0.05) is 17.3 Å². The summed E-state index contributed by atoms with van der Waals surface area (Å²) in [6.07, 6.45) is 0.173. The van der Waals surface area contributed by atoms with Crippen LogP contribution >= 0.6 is 11.6 Å². The molecule has 0 saturated carbocycles. The molecule has 1 amide bonds. The van der Waals surface area contributed by atoms with Crippen molar-refractivity contribution < 1.29 is 9.90 Å². The molecule has 162 valence electrons. The molecule has 2 atom stereocenters. The fourth-order valence-corrected chi connectivity index (χ4v) is 4.88. The van der Waals surface area contributed by atoms with Gasteiger partial charge in [-0.25, -0.2) is 14.3 Å². The predicted molar refractivity (Wildman–Crippen MR) is 123 cm³/mol. The first-order valence-electron chi connectivity index (χ1n) is 10.6. The summed E-state index contributed by atoms with van der Waals surface area (Å²) in [5.74, 6) is 0. The van der Waals surface area contributed by atoms with E-state index in [1.807, 2.05) is 68.4 Å². The van der Waals surface area contributed by atoms with E-state index in [2.05, 4.69) is 11.1 Å². The van der Waals surface area contributed by atoms with E-state index in [1.165, 1.54) is 0 Å². The molecule has 4 aromatic rings. The van der Waals surface area contributed by atoms with Gasteiger partial charge in [0.15, 0.2) is 5.65 Å². The molecular weight excluding hydrogens is 424 g/mol. The Bertz CT molecular complexity index is 1320. The van der Waals surface area contributed by atoms with Crippen LogP contribution in [-0.4, -0.2) is 30.7 Å². The number of halogens is 1. The number of benzene rings is 2. The molecule has 0 radical (unpaired) electrons. The third-order valence-corrected chi connectivity index (χ3v) is 6.81. The van der Waals surface area contributed by atoms with Crippen LogP contribution in [0.1, 0.15) is 45.7 Å². The van der Waals surface area contributed by atoms with Crippen LogP contribution in [0.3, 0.4) is 0 Å². The lowest BCUT2D eigenvalue weighted by molar-refractivity contribution is 0.0877. The summed E-state index contributed by atoms with van der Waals surface area (Å²) in [5.41, 5.74) is 6.24. The Balaban J connectivity index is 1.64. The lowest BCUT2D eigenvalue weighted by atomic mass is 9.84. The summed E-state index contributed by atoms with van der Waals surface area (Å²) in [5, 5.41) is 15.5. The van der Waals surface area contributed by atoms with Gasteiger partial charge in [-0.1, -0.05) is 66.2 Å². The van der Waals surface area contributed by atoms with E-state index < -0.39 is 12.1 Å². The van der Waals surface area contributed by atoms with Crippen LogP contribution in [0.4, 0.5) is 4.79 Å². The second-order valence-electron chi connectivity index (χ2n) is 8.27. The highest BCUT2D eigenvalue weighted by molar-refractivity contribution is 6.30. The Morgan fingerprint density at radius 1 is 1.12 bits per heavy atom. The summed E-state index contributed by atoms with van der Waals surface area (Å²) in [6.45, 7) is 3.81. The predicted octanol–water partition coefficient (Wildman–Crippen LogP) is 5.56. The molecule has 1 N–H and O–H groups in total. The van der Waals surface area contributed by atoms with Gasteiger partial charge < -0.3 is 5.11 Å². The van der Waals surface area contributed by atoms with E-state index in [9.17, 15) is 9.90 Å². The van der Waals surface area contributed by atoms with Gasteiger partial charge in [-0.3, -0.25) is 4.90 Å². The molecule has 3 heterocycles. The molecule has 1 aliphatic heterocycles. The maximum absolute atomic E-state index is 12.6. The first kappa shape index (κ1) is 20.5. The van der Waals surface area contributed by atoms with Gasteiger partial charge >= 0.3 is 6.09 Å². The van der Waals surface area contributed by atoms with E-state index in [-0.39, 0.29) is 6.04 Å². The van der Waals surface area contributed by atoms with Crippen LogP contribution in [0, 0.1) is 13.8 Å². The number of aryl methyl sites for hydroxylation is 1. The molecule has 32 heavy (non-hydrogen) atoms. The number of carboxylic acid groups (broad SMARTS) is 1. The summed E-state index contributed by atoms with van der Waals surface area (Å²) in [4.78, 5) is 18.7. The zero-order valence-corrected chi connectivity index (χ0v) is 18.6. The van der Waals surface area contributed by atoms with Gasteiger partial charge in [-0.15, -0.1) is 0 Å². The summed E-state index contributed by atoms with van der Waals surface area (Å²) in [7, 11) is 0. The van der Waals surface area contributed by atoms with Crippen molar-refractivity contribution in [1.82, 2.24) is 19.5 Å². The van der Waals surface area contributed by atoms with Gasteiger partial charge in [0.25, 0.3) is 0 Å². The number of nitrogens with zero attached hydrogens (tertiary/aromatic N) is 4. The fourth-order valence-electron chi connectivity index (χ4n) is 4.62. The Kier molecular flexibility index (Phi) is 5.10. The number of carbonyl (C=O) groups is 1. The fraction of sp³-hybridized carbons (Fsp3) is 0.240. The Morgan fingerprint density at radius 2 is 1.84 bits per heavy atom. The lowest BCUT2D eigenvalue weighted by Crippen LogP contribution is -2.42. The molecule has 0 saturated heterocycles. The second-order valence-corrected chi connectivity index (χ2v) is 8.62. The molecular formula is C25H23ClN4O2. The molecule has 0 aliphatic carbocycles. The lowest BCUT2D eigenvalue weighted by Gasteiger charge is -2.41. The summed E-state index contributed by atoms with van der Waals surface area (Å²) >= 11 is 6.53. The standard InChI is InChI=1S/C25H23ClN4O2/c1-15-16(2)27-23-14-20(28-30(23)24(15)26)22-13-18-10-6-7-11-19(18)21(29(22)25(31)32)12-17-8-4-3-5-9-17/h3-11,14,21-22H,12-13H2,1-2H3,(H,31,32)/t21-,22?/m0/s1. The van der Waals surface area contributed by atoms with Crippen LogP contribution in [-0.2, 0) is 12.8 Å². The third kappa shape index (κ3) is 3.41.